The van der Waals surface area contributed by atoms with Crippen LogP contribution in [0.15, 0.2) is 59.8 Å². The van der Waals surface area contributed by atoms with Crippen molar-refractivity contribution in [3.63, 3.8) is 0 Å². The molecule has 1 heterocycles. The van der Waals surface area contributed by atoms with Crippen molar-refractivity contribution in [3.8, 4) is 0 Å². The molecule has 0 fully saturated rings. The molecule has 7 heteroatoms. The molecule has 0 unspecified atom stereocenters. The third-order valence-corrected chi connectivity index (χ3v) is 5.37. The van der Waals surface area contributed by atoms with E-state index >= 15 is 0 Å². The molecule has 0 saturated carbocycles. The molecule has 0 radical (unpaired) electrons. The zero-order chi connectivity index (χ0) is 19.2. The number of thioether (sulfide) groups is 1. The third-order valence-electron chi connectivity index (χ3n) is 4.06. The lowest BCUT2D eigenvalue weighted by Gasteiger charge is -2.13. The van der Waals surface area contributed by atoms with Crippen LogP contribution in [0.1, 0.15) is 25.2 Å². The van der Waals surface area contributed by atoms with Crippen molar-refractivity contribution in [2.75, 3.05) is 5.32 Å². The lowest BCUT2D eigenvalue weighted by molar-refractivity contribution is -0.115. The van der Waals surface area contributed by atoms with Crippen molar-refractivity contribution in [1.82, 2.24) is 14.8 Å². The number of nitrogens with one attached hydrogen (secondary N) is 1. The third kappa shape index (κ3) is 5.11. The average Bonchev–Trinajstić information content (AvgIpc) is 3.03. The zero-order valence-corrected chi connectivity index (χ0v) is 16.8. The molecule has 0 aliphatic heterocycles. The van der Waals surface area contributed by atoms with E-state index in [1.165, 1.54) is 17.3 Å². The van der Waals surface area contributed by atoms with Crippen LogP contribution in [-0.2, 0) is 17.8 Å². The van der Waals surface area contributed by atoms with Gasteiger partial charge in [0.15, 0.2) is 5.16 Å². The van der Waals surface area contributed by atoms with Gasteiger partial charge in [-0.25, -0.2) is 0 Å². The Morgan fingerprint density at radius 3 is 2.67 bits per heavy atom. The fraction of sp³-hybridized carbons (Fsp3) is 0.250. The van der Waals surface area contributed by atoms with Crippen molar-refractivity contribution in [2.24, 2.45) is 0 Å². The minimum atomic E-state index is -0.317. The number of hydrogen-bond acceptors (Lipinski definition) is 4. The monoisotopic (exact) mass is 400 g/mol. The van der Waals surface area contributed by atoms with Crippen LogP contribution in [0, 0.1) is 0 Å². The number of rotatable bonds is 7. The maximum atomic E-state index is 12.5. The first kappa shape index (κ1) is 19.5. The maximum Gasteiger partial charge on any atom is 0.237 e. The molecule has 0 spiro atoms. The molecule has 3 rings (SSSR count). The van der Waals surface area contributed by atoms with Crippen LogP contribution in [0.5, 0.6) is 0 Å². The summed E-state index contributed by atoms with van der Waals surface area (Å²) in [5.74, 6) is 0.797. The van der Waals surface area contributed by atoms with Gasteiger partial charge in [0.05, 0.1) is 5.25 Å². The van der Waals surface area contributed by atoms with Crippen LogP contribution in [0.3, 0.4) is 0 Å². The predicted octanol–water partition coefficient (Wildman–Crippen LogP) is 4.66. The van der Waals surface area contributed by atoms with Crippen molar-refractivity contribution >= 4 is 35.0 Å². The van der Waals surface area contributed by atoms with Crippen LogP contribution < -0.4 is 5.32 Å². The van der Waals surface area contributed by atoms with Gasteiger partial charge in [0.25, 0.3) is 0 Å². The first-order chi connectivity index (χ1) is 13.1. The number of carbonyl (C=O) groups is 1. The Bertz CT molecular complexity index is 913. The van der Waals surface area contributed by atoms with Gasteiger partial charge in [-0.3, -0.25) is 4.79 Å². The largest absolute Gasteiger partial charge is 0.325 e. The van der Waals surface area contributed by atoms with Crippen molar-refractivity contribution < 1.29 is 4.79 Å². The summed E-state index contributed by atoms with van der Waals surface area (Å²) in [5, 5.41) is 12.5. The van der Waals surface area contributed by atoms with E-state index in [9.17, 15) is 4.79 Å². The van der Waals surface area contributed by atoms with E-state index in [-0.39, 0.29) is 11.2 Å². The Morgan fingerprint density at radius 2 is 1.96 bits per heavy atom. The van der Waals surface area contributed by atoms with Gasteiger partial charge in [0.2, 0.25) is 5.91 Å². The number of anilines is 1. The fourth-order valence-electron chi connectivity index (χ4n) is 2.65. The highest BCUT2D eigenvalue weighted by atomic mass is 35.5. The van der Waals surface area contributed by atoms with Gasteiger partial charge in [-0.2, -0.15) is 0 Å². The normalized spacial score (nSPS) is 12.0. The summed E-state index contributed by atoms with van der Waals surface area (Å²) >= 11 is 7.37. The van der Waals surface area contributed by atoms with E-state index in [4.69, 9.17) is 11.6 Å². The summed E-state index contributed by atoms with van der Waals surface area (Å²) in [7, 11) is 0. The Morgan fingerprint density at radius 1 is 1.19 bits per heavy atom. The second-order valence-corrected chi connectivity index (χ2v) is 7.81. The number of aromatic nitrogens is 3. The van der Waals surface area contributed by atoms with Crippen LogP contribution in [0.25, 0.3) is 0 Å². The quantitative estimate of drug-likeness (QED) is 0.586. The number of amides is 1. The highest BCUT2D eigenvalue weighted by molar-refractivity contribution is 8.00. The smallest absolute Gasteiger partial charge is 0.237 e. The van der Waals surface area contributed by atoms with E-state index in [2.05, 4.69) is 39.1 Å². The highest BCUT2D eigenvalue weighted by Gasteiger charge is 2.20. The van der Waals surface area contributed by atoms with Gasteiger partial charge in [0.1, 0.15) is 5.82 Å². The van der Waals surface area contributed by atoms with Crippen LogP contribution in [0.4, 0.5) is 5.69 Å². The minimum Gasteiger partial charge on any atom is -0.325 e. The van der Waals surface area contributed by atoms with Crippen molar-refractivity contribution in [1.29, 1.82) is 0 Å². The molecule has 2 aromatic carbocycles. The summed E-state index contributed by atoms with van der Waals surface area (Å²) < 4.78 is 2.06. The standard InChI is InChI=1S/C20H21ClN4OS/c1-3-25-18(12-15-8-5-4-6-9-15)23-24-20(25)27-14(2)19(26)22-17-11-7-10-16(21)13-17/h4-11,13-14H,3,12H2,1-2H3,(H,22,26)/t14-/m1/s1. The molecule has 1 N–H and O–H groups in total. The van der Waals surface area contributed by atoms with Crippen molar-refractivity contribution in [3.05, 3.63) is 71.0 Å². The molecule has 0 saturated heterocycles. The molecule has 0 bridgehead atoms. The minimum absolute atomic E-state index is 0.0995. The predicted molar refractivity (Wildman–Crippen MR) is 110 cm³/mol. The Balaban J connectivity index is 1.68. The van der Waals surface area contributed by atoms with Gasteiger partial charge in [0, 0.05) is 23.7 Å². The summed E-state index contributed by atoms with van der Waals surface area (Å²) in [6, 6.07) is 17.3. The van der Waals surface area contributed by atoms with E-state index in [1.54, 1.807) is 18.2 Å². The molecule has 1 aromatic heterocycles. The molecule has 0 aliphatic rings. The number of hydrogen-bond donors (Lipinski definition) is 1. The molecule has 1 atom stereocenters. The van der Waals surface area contributed by atoms with E-state index in [0.29, 0.717) is 17.1 Å². The van der Waals surface area contributed by atoms with Crippen LogP contribution in [0.2, 0.25) is 5.02 Å². The average molecular weight is 401 g/mol. The molecule has 27 heavy (non-hydrogen) atoms. The van der Waals surface area contributed by atoms with Crippen LogP contribution in [-0.4, -0.2) is 25.9 Å². The van der Waals surface area contributed by atoms with Crippen molar-refractivity contribution in [2.45, 2.75) is 37.2 Å². The molecule has 5 nitrogen and oxygen atoms in total. The lowest BCUT2D eigenvalue weighted by Crippen LogP contribution is -2.23. The maximum absolute atomic E-state index is 12.5. The van der Waals surface area contributed by atoms with Crippen LogP contribution >= 0.6 is 23.4 Å². The number of nitrogens with zero attached hydrogens (tertiary/aromatic N) is 3. The van der Waals surface area contributed by atoms with Gasteiger partial charge in [-0.1, -0.05) is 59.8 Å². The molecule has 3 aromatic rings. The Kier molecular flexibility index (Phi) is 6.53. The first-order valence-corrected chi connectivity index (χ1v) is 10.0. The first-order valence-electron chi connectivity index (χ1n) is 8.76. The second kappa shape index (κ2) is 9.06. The number of halogens is 1. The van der Waals surface area contributed by atoms with Gasteiger partial charge >= 0.3 is 0 Å². The summed E-state index contributed by atoms with van der Waals surface area (Å²) in [5.41, 5.74) is 1.87. The second-order valence-electron chi connectivity index (χ2n) is 6.07. The van der Waals surface area contributed by atoms with Gasteiger partial charge < -0.3 is 9.88 Å². The van der Waals surface area contributed by atoms with E-state index < -0.39 is 0 Å². The summed E-state index contributed by atoms with van der Waals surface area (Å²) in [6.45, 7) is 4.66. The highest BCUT2D eigenvalue weighted by Crippen LogP contribution is 2.25. The Hall–Kier alpha value is -2.31. The lowest BCUT2D eigenvalue weighted by atomic mass is 10.1. The summed E-state index contributed by atoms with van der Waals surface area (Å²) in [6.07, 6.45) is 0.714. The molecule has 140 valence electrons. The number of benzene rings is 2. The van der Waals surface area contributed by atoms with E-state index in [0.717, 1.165) is 17.5 Å². The summed E-state index contributed by atoms with van der Waals surface area (Å²) in [4.78, 5) is 12.5. The SMILES string of the molecule is CCn1c(Cc2ccccc2)nnc1S[C@H](C)C(=O)Nc1cccc(Cl)c1. The molecular formula is C20H21ClN4OS. The topological polar surface area (TPSA) is 59.8 Å². The van der Waals surface area contributed by atoms with Gasteiger partial charge in [-0.05, 0) is 37.6 Å². The molecular weight excluding hydrogens is 380 g/mol. The molecule has 1 amide bonds. The van der Waals surface area contributed by atoms with E-state index in [1.807, 2.05) is 31.2 Å². The molecule has 0 aliphatic carbocycles. The Labute approximate surface area is 168 Å². The fourth-order valence-corrected chi connectivity index (χ4v) is 3.78. The zero-order valence-electron chi connectivity index (χ0n) is 15.2. The number of carbonyl (C=O) groups excluding carboxylic acids is 1. The van der Waals surface area contributed by atoms with Gasteiger partial charge in [-0.15, -0.1) is 10.2 Å².